The Morgan fingerprint density at radius 1 is 1.22 bits per heavy atom. The average Bonchev–Trinajstić information content (AvgIpc) is 3.24. The number of hydrogen-bond donors (Lipinski definition) is 2. The molecule has 0 radical (unpaired) electrons. The van der Waals surface area contributed by atoms with Crippen LogP contribution in [0, 0.1) is 0 Å². The Labute approximate surface area is 199 Å². The molecule has 1 unspecified atom stereocenters. The van der Waals surface area contributed by atoms with Crippen molar-refractivity contribution in [1.29, 1.82) is 0 Å². The molecule has 0 aliphatic rings. The molecule has 2 aromatic rings. The fourth-order valence-electron chi connectivity index (χ4n) is 2.26. The number of halogens is 1. The van der Waals surface area contributed by atoms with Gasteiger partial charge in [-0.3, -0.25) is 14.3 Å². The van der Waals surface area contributed by atoms with E-state index in [0.717, 1.165) is 11.3 Å². The van der Waals surface area contributed by atoms with Crippen LogP contribution < -0.4 is 14.9 Å². The minimum atomic E-state index is -1.75. The third kappa shape index (κ3) is 7.60. The van der Waals surface area contributed by atoms with Crippen molar-refractivity contribution in [3.05, 3.63) is 77.2 Å². The number of likely N-dealkylation sites (N-methyl/N-ethyl adjacent to an activating group) is 1. The van der Waals surface area contributed by atoms with Crippen LogP contribution >= 0.6 is 22.9 Å². The van der Waals surface area contributed by atoms with E-state index in [9.17, 15) is 18.6 Å². The molecule has 3 amide bonds. The molecule has 0 saturated carbocycles. The van der Waals surface area contributed by atoms with E-state index in [4.69, 9.17) is 11.6 Å². The summed E-state index contributed by atoms with van der Waals surface area (Å²) in [6.07, 6.45) is 3.31. The van der Waals surface area contributed by atoms with Gasteiger partial charge in [-0.25, -0.2) is 9.00 Å². The number of nitrogens with zero attached hydrogens (tertiary/aromatic N) is 1. The van der Waals surface area contributed by atoms with E-state index >= 15 is 0 Å². The van der Waals surface area contributed by atoms with Crippen molar-refractivity contribution in [1.82, 2.24) is 4.72 Å². The second kappa shape index (κ2) is 13.4. The lowest BCUT2D eigenvalue weighted by Crippen LogP contribution is -2.30. The molecule has 1 heterocycles. The maximum absolute atomic E-state index is 12.6. The highest BCUT2D eigenvalue weighted by molar-refractivity contribution is 7.86. The van der Waals surface area contributed by atoms with E-state index in [1.54, 1.807) is 36.4 Å². The zero-order valence-electron chi connectivity index (χ0n) is 17.9. The SMILES string of the molecule is C=C/C=C(/C=O)C(=C)C(=O)N(C)c1cccc(NC(=O)NS(=O)c2ccc(Cl)s2)c1.CC. The maximum atomic E-state index is 12.6. The Morgan fingerprint density at radius 2 is 1.91 bits per heavy atom. The minimum absolute atomic E-state index is 0.00788. The van der Waals surface area contributed by atoms with Gasteiger partial charge >= 0.3 is 6.03 Å². The molecule has 0 saturated heterocycles. The number of hydrogen-bond acceptors (Lipinski definition) is 5. The predicted molar refractivity (Wildman–Crippen MR) is 133 cm³/mol. The first-order valence-corrected chi connectivity index (χ1v) is 11.7. The van der Waals surface area contributed by atoms with E-state index in [1.165, 1.54) is 24.1 Å². The smallest absolute Gasteiger partial charge is 0.311 e. The lowest BCUT2D eigenvalue weighted by atomic mass is 10.1. The number of urea groups is 1. The summed E-state index contributed by atoms with van der Waals surface area (Å²) in [4.78, 5) is 37.2. The molecule has 170 valence electrons. The van der Waals surface area contributed by atoms with Crippen molar-refractivity contribution in [2.24, 2.45) is 0 Å². The van der Waals surface area contributed by atoms with Gasteiger partial charge in [0.15, 0.2) is 17.3 Å². The third-order valence-corrected chi connectivity index (χ3v) is 6.35. The Balaban J connectivity index is 0.00000249. The van der Waals surface area contributed by atoms with Crippen LogP contribution in [-0.2, 0) is 20.6 Å². The van der Waals surface area contributed by atoms with Gasteiger partial charge < -0.3 is 10.2 Å². The Hall–Kier alpha value is -3.01. The first-order valence-electron chi connectivity index (χ1n) is 9.37. The number of benzene rings is 1. The van der Waals surface area contributed by atoms with E-state index in [0.29, 0.717) is 26.2 Å². The van der Waals surface area contributed by atoms with Crippen molar-refractivity contribution < 1.29 is 18.6 Å². The number of rotatable bonds is 8. The third-order valence-electron chi connectivity index (χ3n) is 3.74. The van der Waals surface area contributed by atoms with E-state index in [2.05, 4.69) is 23.2 Å². The van der Waals surface area contributed by atoms with Gasteiger partial charge in [0, 0.05) is 29.6 Å². The summed E-state index contributed by atoms with van der Waals surface area (Å²) < 4.78 is 15.3. The van der Waals surface area contributed by atoms with Crippen LogP contribution in [0.3, 0.4) is 0 Å². The number of anilines is 2. The lowest BCUT2D eigenvalue weighted by molar-refractivity contribution is -0.115. The van der Waals surface area contributed by atoms with Crippen LogP contribution in [0.15, 0.2) is 77.1 Å². The zero-order chi connectivity index (χ0) is 24.3. The first kappa shape index (κ1) is 27.0. The van der Waals surface area contributed by atoms with Crippen molar-refractivity contribution >= 4 is 63.5 Å². The molecule has 32 heavy (non-hydrogen) atoms. The average molecular weight is 494 g/mol. The van der Waals surface area contributed by atoms with E-state index in [1.807, 2.05) is 13.8 Å². The number of amides is 3. The molecule has 10 heteroatoms. The summed E-state index contributed by atoms with van der Waals surface area (Å²) in [7, 11) is -0.241. The van der Waals surface area contributed by atoms with Crippen LogP contribution in [0.1, 0.15) is 13.8 Å². The summed E-state index contributed by atoms with van der Waals surface area (Å²) in [5, 5.41) is 2.55. The summed E-state index contributed by atoms with van der Waals surface area (Å²) in [5.41, 5.74) is 0.947. The summed E-state index contributed by atoms with van der Waals surface area (Å²) >= 11 is 6.90. The molecule has 1 atom stereocenters. The monoisotopic (exact) mass is 493 g/mol. The van der Waals surface area contributed by atoms with Gasteiger partial charge in [-0.05, 0) is 30.3 Å². The highest BCUT2D eigenvalue weighted by Gasteiger charge is 2.18. The molecule has 0 aliphatic carbocycles. The number of carbonyl (C=O) groups excluding carboxylic acids is 3. The van der Waals surface area contributed by atoms with Crippen molar-refractivity contribution in [3.8, 4) is 0 Å². The second-order valence-corrected chi connectivity index (χ2v) is 8.91. The fraction of sp³-hybridized carbons (Fsp3) is 0.136. The standard InChI is InChI=1S/C20H18ClN3O4S2.C2H6/c1-4-6-14(12-25)13(2)19(26)24(3)16-8-5-7-15(11-16)22-20(27)23-30(28)18-10-9-17(21)29-18;1-2/h4-12H,1-2H2,3H3,(H2,22,23,27);1-2H3/b14-6-;. The molecule has 0 bridgehead atoms. The van der Waals surface area contributed by atoms with Crippen molar-refractivity contribution in [2.45, 2.75) is 18.1 Å². The van der Waals surface area contributed by atoms with Gasteiger partial charge in [0.05, 0.1) is 4.34 Å². The molecular weight excluding hydrogens is 470 g/mol. The number of aldehydes is 1. The topological polar surface area (TPSA) is 95.6 Å². The van der Waals surface area contributed by atoms with Gasteiger partial charge in [0.1, 0.15) is 4.21 Å². The zero-order valence-corrected chi connectivity index (χ0v) is 20.3. The van der Waals surface area contributed by atoms with Crippen LogP contribution in [0.25, 0.3) is 0 Å². The summed E-state index contributed by atoms with van der Waals surface area (Å²) in [6.45, 7) is 11.2. The molecule has 2 rings (SSSR count). The predicted octanol–water partition coefficient (Wildman–Crippen LogP) is 5.10. The maximum Gasteiger partial charge on any atom is 0.331 e. The number of thiophene rings is 1. The minimum Gasteiger partial charge on any atom is -0.311 e. The van der Waals surface area contributed by atoms with Gasteiger partial charge in [-0.2, -0.15) is 0 Å². The Kier molecular flexibility index (Phi) is 11.3. The van der Waals surface area contributed by atoms with Crippen LogP contribution in [0.4, 0.5) is 16.2 Å². The largest absolute Gasteiger partial charge is 0.331 e. The summed E-state index contributed by atoms with van der Waals surface area (Å²) in [6, 6.07) is 8.90. The molecule has 1 aromatic carbocycles. The molecule has 7 nitrogen and oxygen atoms in total. The molecule has 1 aromatic heterocycles. The van der Waals surface area contributed by atoms with Gasteiger partial charge in [-0.1, -0.05) is 56.8 Å². The normalized spacial score (nSPS) is 11.3. The Bertz CT molecular complexity index is 1060. The Morgan fingerprint density at radius 3 is 2.47 bits per heavy atom. The highest BCUT2D eigenvalue weighted by Crippen LogP contribution is 2.24. The highest BCUT2D eigenvalue weighted by atomic mass is 35.5. The van der Waals surface area contributed by atoms with Crippen LogP contribution in [0.2, 0.25) is 4.34 Å². The van der Waals surface area contributed by atoms with Gasteiger partial charge in [-0.15, -0.1) is 11.3 Å². The molecular formula is C22H24ClN3O4S2. The number of allylic oxidation sites excluding steroid dienone is 2. The number of nitrogens with one attached hydrogen (secondary N) is 2. The fourth-order valence-corrected chi connectivity index (χ4v) is 4.38. The van der Waals surface area contributed by atoms with E-state index in [-0.39, 0.29) is 11.1 Å². The van der Waals surface area contributed by atoms with Gasteiger partial charge in [0.25, 0.3) is 5.91 Å². The first-order chi connectivity index (χ1) is 15.3. The second-order valence-electron chi connectivity index (χ2n) is 5.75. The van der Waals surface area contributed by atoms with Crippen LogP contribution in [0.5, 0.6) is 0 Å². The molecule has 2 N–H and O–H groups in total. The number of carbonyl (C=O) groups is 3. The quantitative estimate of drug-likeness (QED) is 0.303. The van der Waals surface area contributed by atoms with Crippen molar-refractivity contribution in [3.63, 3.8) is 0 Å². The lowest BCUT2D eigenvalue weighted by Gasteiger charge is -2.19. The van der Waals surface area contributed by atoms with E-state index < -0.39 is 22.9 Å². The molecule has 0 fully saturated rings. The van der Waals surface area contributed by atoms with Crippen LogP contribution in [-0.4, -0.2) is 29.5 Å². The molecule has 0 aliphatic heterocycles. The summed E-state index contributed by atoms with van der Waals surface area (Å²) in [5.74, 6) is -0.493. The van der Waals surface area contributed by atoms with Gasteiger partial charge in [0.2, 0.25) is 0 Å². The van der Waals surface area contributed by atoms with Crippen molar-refractivity contribution in [2.75, 3.05) is 17.3 Å². The molecule has 0 spiro atoms.